The van der Waals surface area contributed by atoms with Gasteiger partial charge in [-0.25, -0.2) is 4.39 Å². The number of hydrogen-bond acceptors (Lipinski definition) is 3. The van der Waals surface area contributed by atoms with Gasteiger partial charge in [-0.05, 0) is 48.9 Å². The summed E-state index contributed by atoms with van der Waals surface area (Å²) in [7, 11) is 1.81. The monoisotopic (exact) mass is 283 g/mol. The molecule has 0 saturated heterocycles. The van der Waals surface area contributed by atoms with Crippen molar-refractivity contribution in [1.82, 2.24) is 0 Å². The van der Waals surface area contributed by atoms with E-state index in [1.165, 1.54) is 12.1 Å². The fourth-order valence-electron chi connectivity index (χ4n) is 1.98. The zero-order valence-corrected chi connectivity index (χ0v) is 11.7. The van der Waals surface area contributed by atoms with Crippen molar-refractivity contribution in [3.63, 3.8) is 0 Å². The average Bonchev–Trinajstić information content (AvgIpc) is 2.49. The second kappa shape index (κ2) is 6.06. The van der Waals surface area contributed by atoms with Crippen LogP contribution in [-0.2, 0) is 0 Å². The second-order valence-electron chi connectivity index (χ2n) is 4.54. The summed E-state index contributed by atoms with van der Waals surface area (Å²) in [5, 5.41) is 14.4. The van der Waals surface area contributed by atoms with E-state index < -0.39 is 5.82 Å². The van der Waals surface area contributed by atoms with Crippen LogP contribution in [0.3, 0.4) is 0 Å². The van der Waals surface area contributed by atoms with Gasteiger partial charge in [-0.2, -0.15) is 5.26 Å². The molecule has 0 heterocycles. The Labute approximate surface area is 122 Å². The molecule has 4 nitrogen and oxygen atoms in total. The van der Waals surface area contributed by atoms with Crippen LogP contribution in [0.5, 0.6) is 0 Å². The second-order valence-corrected chi connectivity index (χ2v) is 4.54. The van der Waals surface area contributed by atoms with E-state index in [0.717, 1.165) is 17.3 Å². The van der Waals surface area contributed by atoms with Crippen LogP contribution in [-0.4, -0.2) is 13.0 Å². The lowest BCUT2D eigenvalue weighted by Crippen LogP contribution is -2.12. The van der Waals surface area contributed by atoms with Gasteiger partial charge in [0.2, 0.25) is 0 Å². The number of nitriles is 1. The van der Waals surface area contributed by atoms with Crippen molar-refractivity contribution in [3.8, 4) is 6.07 Å². The number of aryl methyl sites for hydroxylation is 1. The quantitative estimate of drug-likeness (QED) is 0.908. The van der Waals surface area contributed by atoms with Gasteiger partial charge in [0, 0.05) is 24.0 Å². The van der Waals surface area contributed by atoms with Gasteiger partial charge < -0.3 is 10.6 Å². The maximum absolute atomic E-state index is 13.2. The van der Waals surface area contributed by atoms with E-state index in [0.29, 0.717) is 11.3 Å². The molecule has 0 aliphatic carbocycles. The third kappa shape index (κ3) is 3.18. The molecule has 0 bridgehead atoms. The summed E-state index contributed by atoms with van der Waals surface area (Å²) >= 11 is 0. The fourth-order valence-corrected chi connectivity index (χ4v) is 1.98. The summed E-state index contributed by atoms with van der Waals surface area (Å²) in [6.45, 7) is 1.90. The molecular formula is C16H14FN3O. The Bertz CT molecular complexity index is 735. The molecule has 0 aliphatic rings. The molecule has 21 heavy (non-hydrogen) atoms. The van der Waals surface area contributed by atoms with Crippen molar-refractivity contribution >= 4 is 17.3 Å². The number of nitrogens with one attached hydrogen (secondary N) is 2. The van der Waals surface area contributed by atoms with Crippen molar-refractivity contribution in [3.05, 3.63) is 58.9 Å². The lowest BCUT2D eigenvalue weighted by molar-refractivity contribution is 0.102. The molecule has 2 N–H and O–H groups in total. The molecule has 5 heteroatoms. The highest BCUT2D eigenvalue weighted by molar-refractivity contribution is 6.04. The molecule has 0 aromatic heterocycles. The minimum atomic E-state index is -0.607. The number of hydrogen-bond donors (Lipinski definition) is 2. The fraction of sp³-hybridized carbons (Fsp3) is 0.125. The topological polar surface area (TPSA) is 64.9 Å². The maximum Gasteiger partial charge on any atom is 0.255 e. The van der Waals surface area contributed by atoms with Crippen LogP contribution in [0, 0.1) is 24.1 Å². The predicted octanol–water partition coefficient (Wildman–Crippen LogP) is 3.30. The van der Waals surface area contributed by atoms with E-state index in [1.807, 2.05) is 20.0 Å². The number of rotatable bonds is 3. The van der Waals surface area contributed by atoms with E-state index in [4.69, 9.17) is 5.26 Å². The smallest absolute Gasteiger partial charge is 0.255 e. The van der Waals surface area contributed by atoms with E-state index in [2.05, 4.69) is 10.6 Å². The molecule has 0 saturated carbocycles. The third-order valence-corrected chi connectivity index (χ3v) is 3.10. The SMILES string of the molecule is CNc1ccc(C(=O)Nc2ccc(F)c(C#N)c2)cc1C. The van der Waals surface area contributed by atoms with Crippen LogP contribution in [0.15, 0.2) is 36.4 Å². The van der Waals surface area contributed by atoms with Crippen molar-refractivity contribution in [2.45, 2.75) is 6.92 Å². The van der Waals surface area contributed by atoms with E-state index in [9.17, 15) is 9.18 Å². The number of carbonyl (C=O) groups is 1. The molecule has 1 amide bonds. The highest BCUT2D eigenvalue weighted by Gasteiger charge is 2.09. The minimum absolute atomic E-state index is 0.102. The van der Waals surface area contributed by atoms with Crippen molar-refractivity contribution in [1.29, 1.82) is 5.26 Å². The van der Waals surface area contributed by atoms with Gasteiger partial charge >= 0.3 is 0 Å². The molecule has 0 atom stereocenters. The molecule has 2 aromatic carbocycles. The molecule has 0 fully saturated rings. The molecule has 106 valence electrons. The standard InChI is InChI=1S/C16H14FN3O/c1-10-7-11(3-6-15(10)19-2)16(21)20-13-4-5-14(17)12(8-13)9-18/h3-8,19H,1-2H3,(H,20,21). The van der Waals surface area contributed by atoms with Crippen molar-refractivity contribution < 1.29 is 9.18 Å². The number of benzene rings is 2. The van der Waals surface area contributed by atoms with Gasteiger partial charge in [-0.3, -0.25) is 4.79 Å². The first-order valence-electron chi connectivity index (χ1n) is 6.34. The average molecular weight is 283 g/mol. The molecule has 0 radical (unpaired) electrons. The van der Waals surface area contributed by atoms with Crippen molar-refractivity contribution in [2.75, 3.05) is 17.7 Å². The first kappa shape index (κ1) is 14.5. The number of carbonyl (C=O) groups excluding carboxylic acids is 1. The number of amides is 1. The summed E-state index contributed by atoms with van der Waals surface area (Å²) in [5.74, 6) is -0.916. The molecule has 0 spiro atoms. The summed E-state index contributed by atoms with van der Waals surface area (Å²) in [6.07, 6.45) is 0. The van der Waals surface area contributed by atoms with Gasteiger partial charge in [-0.1, -0.05) is 0 Å². The van der Waals surface area contributed by atoms with Gasteiger partial charge in [-0.15, -0.1) is 0 Å². The molecule has 2 rings (SSSR count). The highest BCUT2D eigenvalue weighted by atomic mass is 19.1. The van der Waals surface area contributed by atoms with E-state index in [1.54, 1.807) is 18.2 Å². The predicted molar refractivity (Wildman–Crippen MR) is 79.8 cm³/mol. The van der Waals surface area contributed by atoms with Crippen LogP contribution in [0.25, 0.3) is 0 Å². The number of nitrogens with zero attached hydrogens (tertiary/aromatic N) is 1. The third-order valence-electron chi connectivity index (χ3n) is 3.10. The summed E-state index contributed by atoms with van der Waals surface area (Å²) in [6, 6.07) is 10.9. The lowest BCUT2D eigenvalue weighted by atomic mass is 10.1. The molecule has 0 unspecified atom stereocenters. The van der Waals surface area contributed by atoms with Gasteiger partial charge in [0.1, 0.15) is 11.9 Å². The number of anilines is 2. The van der Waals surface area contributed by atoms with Crippen LogP contribution >= 0.6 is 0 Å². The highest BCUT2D eigenvalue weighted by Crippen LogP contribution is 2.18. The van der Waals surface area contributed by atoms with Crippen LogP contribution in [0.1, 0.15) is 21.5 Å². The van der Waals surface area contributed by atoms with Gasteiger partial charge in [0.25, 0.3) is 5.91 Å². The van der Waals surface area contributed by atoms with E-state index in [-0.39, 0.29) is 11.5 Å². The first-order chi connectivity index (χ1) is 10.0. The van der Waals surface area contributed by atoms with E-state index >= 15 is 0 Å². The Kier molecular flexibility index (Phi) is 4.19. The summed E-state index contributed by atoms with van der Waals surface area (Å²) < 4.78 is 13.2. The lowest BCUT2D eigenvalue weighted by Gasteiger charge is -2.09. The number of halogens is 1. The largest absolute Gasteiger partial charge is 0.388 e. The van der Waals surface area contributed by atoms with Crippen LogP contribution in [0.4, 0.5) is 15.8 Å². The maximum atomic E-state index is 13.2. The summed E-state index contributed by atoms with van der Waals surface area (Å²) in [5.41, 5.74) is 2.67. The minimum Gasteiger partial charge on any atom is -0.388 e. The molecular weight excluding hydrogens is 269 g/mol. The van der Waals surface area contributed by atoms with Crippen molar-refractivity contribution in [2.24, 2.45) is 0 Å². The Balaban J connectivity index is 2.22. The zero-order chi connectivity index (χ0) is 15.4. The molecule has 0 aliphatic heterocycles. The first-order valence-corrected chi connectivity index (χ1v) is 6.34. The Morgan fingerprint density at radius 3 is 2.62 bits per heavy atom. The summed E-state index contributed by atoms with van der Waals surface area (Å²) in [4.78, 5) is 12.1. The normalized spacial score (nSPS) is 9.81. The Morgan fingerprint density at radius 2 is 2.00 bits per heavy atom. The van der Waals surface area contributed by atoms with Gasteiger partial charge in [0.15, 0.2) is 0 Å². The van der Waals surface area contributed by atoms with Crippen LogP contribution in [0.2, 0.25) is 0 Å². The van der Waals surface area contributed by atoms with Crippen LogP contribution < -0.4 is 10.6 Å². The Hall–Kier alpha value is -2.87. The zero-order valence-electron chi connectivity index (χ0n) is 11.7. The Morgan fingerprint density at radius 1 is 1.24 bits per heavy atom. The van der Waals surface area contributed by atoms with Gasteiger partial charge in [0.05, 0.1) is 5.56 Å². The molecule has 2 aromatic rings.